The van der Waals surface area contributed by atoms with Crippen LogP contribution in [-0.2, 0) is 17.8 Å². The predicted molar refractivity (Wildman–Crippen MR) is 128 cm³/mol. The molecule has 0 aliphatic heterocycles. The highest BCUT2D eigenvalue weighted by Gasteiger charge is 2.22. The number of benzene rings is 2. The van der Waals surface area contributed by atoms with Crippen molar-refractivity contribution in [2.45, 2.75) is 13.5 Å². The molecule has 0 radical (unpaired) electrons. The molecule has 4 rings (SSSR count). The maximum atomic E-state index is 13.1. The zero-order chi connectivity index (χ0) is 22.3. The first kappa shape index (κ1) is 22.4. The van der Waals surface area contributed by atoms with Crippen molar-refractivity contribution in [2.75, 3.05) is 4.31 Å². The first-order valence-electron chi connectivity index (χ1n) is 8.84. The van der Waals surface area contributed by atoms with E-state index in [0.29, 0.717) is 32.6 Å². The van der Waals surface area contributed by atoms with Crippen LogP contribution in [0.15, 0.2) is 52.3 Å². The highest BCUT2D eigenvalue weighted by atomic mass is 79.9. The van der Waals surface area contributed by atoms with Gasteiger partial charge >= 0.3 is 0 Å². The van der Waals surface area contributed by atoms with Gasteiger partial charge in [0.2, 0.25) is 0 Å². The summed E-state index contributed by atoms with van der Waals surface area (Å²) < 4.78 is 27.0. The summed E-state index contributed by atoms with van der Waals surface area (Å²) in [6.45, 7) is 2.28. The Bertz CT molecular complexity index is 1340. The van der Waals surface area contributed by atoms with Gasteiger partial charge in [-0.25, -0.2) is 9.29 Å². The number of carbonyl (C=O) groups excluding carboxylic acids is 1. The highest BCUT2D eigenvalue weighted by Crippen LogP contribution is 2.32. The van der Waals surface area contributed by atoms with Crippen LogP contribution in [0.25, 0.3) is 11.0 Å². The molecule has 0 fully saturated rings. The molecule has 1 atom stereocenters. The molecule has 1 amide bonds. The van der Waals surface area contributed by atoms with E-state index in [1.165, 1.54) is 0 Å². The summed E-state index contributed by atoms with van der Waals surface area (Å²) in [6, 6.07) is 13.4. The number of hydrogen-bond donors (Lipinski definition) is 0. The largest absolute Gasteiger partial charge is 0.755 e. The topological polar surface area (TPSA) is 78.3 Å². The lowest BCUT2D eigenvalue weighted by Crippen LogP contribution is -2.31. The SMILES string of the molecule is Cc1nc2ccc(C(=O)N(c3ccc(Br)s3)S(=O)[O-])cc2n1Cc1ccc(Cl)cc1Cl. The summed E-state index contributed by atoms with van der Waals surface area (Å²) in [5.41, 5.74) is 2.45. The van der Waals surface area contributed by atoms with Crippen molar-refractivity contribution in [3.63, 3.8) is 0 Å². The number of nitrogens with zero attached hydrogens (tertiary/aromatic N) is 3. The first-order valence-corrected chi connectivity index (χ1v) is 12.2. The molecular formula is C20H13BrCl2N3O3S2-. The lowest BCUT2D eigenvalue weighted by atomic mass is 10.1. The fourth-order valence-corrected chi connectivity index (χ4v) is 5.65. The molecule has 2 heterocycles. The number of halogens is 3. The van der Waals surface area contributed by atoms with Crippen molar-refractivity contribution in [2.24, 2.45) is 0 Å². The van der Waals surface area contributed by atoms with E-state index in [1.54, 1.807) is 42.5 Å². The molecule has 0 saturated carbocycles. The molecule has 2 aromatic carbocycles. The van der Waals surface area contributed by atoms with Gasteiger partial charge in [-0.3, -0.25) is 9.00 Å². The summed E-state index contributed by atoms with van der Waals surface area (Å²) in [5, 5.41) is 1.36. The van der Waals surface area contributed by atoms with Gasteiger partial charge in [0, 0.05) is 15.6 Å². The Morgan fingerprint density at radius 3 is 2.65 bits per heavy atom. The number of rotatable bonds is 5. The van der Waals surface area contributed by atoms with Gasteiger partial charge in [0.1, 0.15) is 10.8 Å². The Hall–Kier alpha value is -1.75. The average molecular weight is 558 g/mol. The molecule has 11 heteroatoms. The smallest absolute Gasteiger partial charge is 0.270 e. The van der Waals surface area contributed by atoms with E-state index in [1.807, 2.05) is 17.6 Å². The minimum Gasteiger partial charge on any atom is -0.755 e. The van der Waals surface area contributed by atoms with E-state index in [0.717, 1.165) is 30.8 Å². The lowest BCUT2D eigenvalue weighted by Gasteiger charge is -2.22. The van der Waals surface area contributed by atoms with Crippen molar-refractivity contribution in [1.82, 2.24) is 9.55 Å². The molecule has 0 bridgehead atoms. The third-order valence-corrected chi connectivity index (χ3v) is 7.59. The van der Waals surface area contributed by atoms with Crippen LogP contribution in [-0.4, -0.2) is 24.2 Å². The minimum atomic E-state index is -2.77. The summed E-state index contributed by atoms with van der Waals surface area (Å²) >= 11 is 14.0. The maximum Gasteiger partial charge on any atom is 0.270 e. The van der Waals surface area contributed by atoms with E-state index in [9.17, 15) is 13.6 Å². The number of imidazole rings is 1. The number of hydrogen-bond acceptors (Lipinski definition) is 5. The van der Waals surface area contributed by atoms with Crippen LogP contribution in [0.2, 0.25) is 10.0 Å². The second-order valence-corrected chi connectivity index (χ2v) is 10.7. The van der Waals surface area contributed by atoms with Crippen LogP contribution >= 0.6 is 50.5 Å². The lowest BCUT2D eigenvalue weighted by molar-refractivity contribution is 0.101. The van der Waals surface area contributed by atoms with Gasteiger partial charge < -0.3 is 9.12 Å². The number of aromatic nitrogens is 2. The van der Waals surface area contributed by atoms with Gasteiger partial charge in [-0.1, -0.05) is 29.3 Å². The Labute approximate surface area is 203 Å². The van der Waals surface area contributed by atoms with Crippen molar-refractivity contribution >= 4 is 83.7 Å². The van der Waals surface area contributed by atoms with E-state index in [4.69, 9.17) is 23.2 Å². The average Bonchev–Trinajstić information content (AvgIpc) is 3.26. The number of thiophene rings is 1. The third-order valence-electron chi connectivity index (χ3n) is 4.62. The van der Waals surface area contributed by atoms with Gasteiger partial charge in [-0.05, 0) is 70.9 Å². The molecule has 1 unspecified atom stereocenters. The van der Waals surface area contributed by atoms with Crippen molar-refractivity contribution in [3.05, 3.63) is 79.3 Å². The third kappa shape index (κ3) is 4.57. The fraction of sp³-hybridized carbons (Fsp3) is 0.100. The molecular weight excluding hydrogens is 545 g/mol. The number of fused-ring (bicyclic) bond motifs is 1. The van der Waals surface area contributed by atoms with Crippen LogP contribution in [0.3, 0.4) is 0 Å². The maximum absolute atomic E-state index is 13.1. The highest BCUT2D eigenvalue weighted by molar-refractivity contribution is 9.11. The number of aryl methyl sites for hydroxylation is 1. The minimum absolute atomic E-state index is 0.226. The van der Waals surface area contributed by atoms with Gasteiger partial charge in [0.25, 0.3) is 5.91 Å². The van der Waals surface area contributed by atoms with Gasteiger partial charge in [-0.2, -0.15) is 0 Å². The second-order valence-electron chi connectivity index (χ2n) is 6.58. The van der Waals surface area contributed by atoms with Gasteiger partial charge in [0.05, 0.1) is 32.6 Å². The summed E-state index contributed by atoms with van der Waals surface area (Å²) in [6.07, 6.45) is 0. The standard InChI is InChI=1S/C20H14BrCl2N3O3S2/c1-11-24-16-5-3-12(20(27)26(31(28)29)19-7-6-18(21)30-19)8-17(16)25(11)10-13-2-4-14(22)9-15(13)23/h2-9H,10H2,1H3,(H,28,29)/p-1. The van der Waals surface area contributed by atoms with E-state index in [2.05, 4.69) is 20.9 Å². The zero-order valence-electron chi connectivity index (χ0n) is 15.8. The molecule has 0 N–H and O–H groups in total. The molecule has 31 heavy (non-hydrogen) atoms. The molecule has 0 saturated heterocycles. The quantitative estimate of drug-likeness (QED) is 0.283. The monoisotopic (exact) mass is 556 g/mol. The fourth-order valence-electron chi connectivity index (χ4n) is 3.17. The number of carbonyl (C=O) groups is 1. The van der Waals surface area contributed by atoms with Crippen LogP contribution in [0, 0.1) is 6.92 Å². The predicted octanol–water partition coefficient (Wildman–Crippen LogP) is 5.96. The van der Waals surface area contributed by atoms with Gasteiger partial charge in [-0.15, -0.1) is 11.3 Å². The molecule has 0 aliphatic carbocycles. The van der Waals surface area contributed by atoms with Crippen molar-refractivity contribution < 1.29 is 13.6 Å². The van der Waals surface area contributed by atoms with Crippen LogP contribution in [0.1, 0.15) is 21.7 Å². The molecule has 0 aliphatic rings. The van der Waals surface area contributed by atoms with Crippen molar-refractivity contribution in [1.29, 1.82) is 0 Å². The molecule has 160 valence electrons. The van der Waals surface area contributed by atoms with E-state index >= 15 is 0 Å². The van der Waals surface area contributed by atoms with E-state index < -0.39 is 17.2 Å². The van der Waals surface area contributed by atoms with Crippen LogP contribution in [0.5, 0.6) is 0 Å². The Morgan fingerprint density at radius 2 is 2.00 bits per heavy atom. The first-order chi connectivity index (χ1) is 14.7. The molecule has 2 aromatic heterocycles. The number of anilines is 1. The Kier molecular flexibility index (Phi) is 6.52. The summed E-state index contributed by atoms with van der Waals surface area (Å²) in [7, 11) is 0. The molecule has 4 aromatic rings. The Morgan fingerprint density at radius 1 is 1.23 bits per heavy atom. The Balaban J connectivity index is 1.75. The van der Waals surface area contributed by atoms with Crippen LogP contribution < -0.4 is 4.31 Å². The summed E-state index contributed by atoms with van der Waals surface area (Å²) in [4.78, 5) is 17.6. The van der Waals surface area contributed by atoms with Crippen molar-refractivity contribution in [3.8, 4) is 0 Å². The zero-order valence-corrected chi connectivity index (χ0v) is 20.6. The number of amides is 1. The molecule has 6 nitrogen and oxygen atoms in total. The normalized spacial score (nSPS) is 12.3. The van der Waals surface area contributed by atoms with Gasteiger partial charge in [0.15, 0.2) is 0 Å². The van der Waals surface area contributed by atoms with E-state index in [-0.39, 0.29) is 5.56 Å². The molecule has 0 spiro atoms. The second kappa shape index (κ2) is 9.01. The summed E-state index contributed by atoms with van der Waals surface area (Å²) in [5.74, 6) is 0.0802. The van der Waals surface area contributed by atoms with Crippen LogP contribution in [0.4, 0.5) is 5.00 Å².